The van der Waals surface area contributed by atoms with Crippen molar-refractivity contribution in [1.82, 2.24) is 14.8 Å². The van der Waals surface area contributed by atoms with Crippen molar-refractivity contribution in [2.75, 3.05) is 26.7 Å². The van der Waals surface area contributed by atoms with E-state index in [1.165, 1.54) is 6.20 Å². The van der Waals surface area contributed by atoms with Crippen LogP contribution in [0.25, 0.3) is 0 Å². The molecule has 0 radical (unpaired) electrons. The van der Waals surface area contributed by atoms with Gasteiger partial charge in [-0.05, 0) is 38.7 Å². The van der Waals surface area contributed by atoms with Gasteiger partial charge in [0.1, 0.15) is 17.8 Å². The molecule has 1 saturated carbocycles. The fraction of sp³-hybridized carbons (Fsp3) is 0.625. The summed E-state index contributed by atoms with van der Waals surface area (Å²) in [5.41, 5.74) is 0.742. The maximum Gasteiger partial charge on any atom is 0.259 e. The molecule has 2 amide bonds. The Balaban J connectivity index is 1.91. The minimum absolute atomic E-state index is 0.0891. The number of carbonyl (C=O) groups excluding carboxylic acids is 2. The summed E-state index contributed by atoms with van der Waals surface area (Å²) in [6.07, 6.45) is 3.12. The highest BCUT2D eigenvalue weighted by atomic mass is 16.5. The van der Waals surface area contributed by atoms with Crippen LogP contribution in [0.15, 0.2) is 12.3 Å². The lowest BCUT2D eigenvalue weighted by Crippen LogP contribution is -2.50. The van der Waals surface area contributed by atoms with E-state index in [2.05, 4.69) is 16.8 Å². The fourth-order valence-corrected chi connectivity index (χ4v) is 3.67. The molecule has 1 aliphatic heterocycles. The third-order valence-corrected chi connectivity index (χ3v) is 5.99. The fourth-order valence-electron chi connectivity index (χ4n) is 3.67. The Morgan fingerprint density at radius 3 is 2.75 bits per heavy atom. The SMILES string of the molecule is C[C@@H](O)C#Cc1cnc2c(c1)C(=O)N([C@@H](C)CO)C[C@H](C)[C@H](CN(C)C(=O)CC1CC1)O2. The first kappa shape index (κ1) is 24.0. The maximum absolute atomic E-state index is 13.3. The number of nitrogens with zero attached hydrogens (tertiary/aromatic N) is 3. The highest BCUT2D eigenvalue weighted by Gasteiger charge is 2.35. The van der Waals surface area contributed by atoms with E-state index in [0.717, 1.165) is 12.8 Å². The molecule has 1 aliphatic carbocycles. The van der Waals surface area contributed by atoms with E-state index >= 15 is 0 Å². The molecule has 3 rings (SSSR count). The van der Waals surface area contributed by atoms with Crippen molar-refractivity contribution >= 4 is 11.8 Å². The second-order valence-corrected chi connectivity index (χ2v) is 9.07. The first-order valence-electron chi connectivity index (χ1n) is 11.2. The number of fused-ring (bicyclic) bond motifs is 1. The highest BCUT2D eigenvalue weighted by Crippen LogP contribution is 2.33. The molecule has 0 unspecified atom stereocenters. The molecule has 8 heteroatoms. The number of hydrogen-bond acceptors (Lipinski definition) is 6. The average Bonchev–Trinajstić information content (AvgIpc) is 3.58. The lowest BCUT2D eigenvalue weighted by atomic mass is 9.99. The predicted molar refractivity (Wildman–Crippen MR) is 119 cm³/mol. The number of amides is 2. The van der Waals surface area contributed by atoms with Gasteiger partial charge in [-0.1, -0.05) is 18.8 Å². The number of likely N-dealkylation sites (N-methyl/N-ethyl adjacent to an activating group) is 1. The van der Waals surface area contributed by atoms with Gasteiger partial charge < -0.3 is 24.7 Å². The zero-order valence-corrected chi connectivity index (χ0v) is 19.2. The van der Waals surface area contributed by atoms with Gasteiger partial charge in [-0.3, -0.25) is 9.59 Å². The second-order valence-electron chi connectivity index (χ2n) is 9.07. The molecule has 0 spiro atoms. The summed E-state index contributed by atoms with van der Waals surface area (Å²) in [7, 11) is 1.78. The Labute approximate surface area is 189 Å². The van der Waals surface area contributed by atoms with Crippen LogP contribution in [0.4, 0.5) is 0 Å². The molecule has 32 heavy (non-hydrogen) atoms. The number of aliphatic hydroxyl groups excluding tert-OH is 2. The first-order valence-corrected chi connectivity index (χ1v) is 11.2. The highest BCUT2D eigenvalue weighted by molar-refractivity contribution is 5.97. The quantitative estimate of drug-likeness (QED) is 0.643. The topological polar surface area (TPSA) is 103 Å². The zero-order chi connectivity index (χ0) is 23.4. The van der Waals surface area contributed by atoms with E-state index < -0.39 is 12.1 Å². The number of aliphatic hydroxyl groups is 2. The minimum Gasteiger partial charge on any atom is -0.472 e. The van der Waals surface area contributed by atoms with Gasteiger partial charge in [0.25, 0.3) is 5.91 Å². The number of carbonyl (C=O) groups is 2. The van der Waals surface area contributed by atoms with Crippen LogP contribution in [0.2, 0.25) is 0 Å². The van der Waals surface area contributed by atoms with Gasteiger partial charge in [-0.15, -0.1) is 0 Å². The van der Waals surface area contributed by atoms with Gasteiger partial charge in [0.15, 0.2) is 0 Å². The largest absolute Gasteiger partial charge is 0.472 e. The van der Waals surface area contributed by atoms with Crippen LogP contribution < -0.4 is 4.74 Å². The Bertz CT molecular complexity index is 903. The summed E-state index contributed by atoms with van der Waals surface area (Å²) >= 11 is 0. The van der Waals surface area contributed by atoms with Crippen LogP contribution in [0, 0.1) is 23.7 Å². The van der Waals surface area contributed by atoms with Crippen molar-refractivity contribution in [2.45, 2.75) is 58.3 Å². The van der Waals surface area contributed by atoms with Crippen molar-refractivity contribution in [3.63, 3.8) is 0 Å². The summed E-state index contributed by atoms with van der Waals surface area (Å²) in [6, 6.07) is 1.21. The zero-order valence-electron chi connectivity index (χ0n) is 19.2. The van der Waals surface area contributed by atoms with E-state index in [0.29, 0.717) is 31.0 Å². The lowest BCUT2D eigenvalue weighted by molar-refractivity contribution is -0.131. The second kappa shape index (κ2) is 10.3. The Morgan fingerprint density at radius 1 is 1.41 bits per heavy atom. The van der Waals surface area contributed by atoms with Gasteiger partial charge in [0.05, 0.1) is 19.2 Å². The van der Waals surface area contributed by atoms with Crippen LogP contribution in [-0.2, 0) is 4.79 Å². The van der Waals surface area contributed by atoms with Gasteiger partial charge in [0, 0.05) is 37.7 Å². The van der Waals surface area contributed by atoms with Gasteiger partial charge in [-0.2, -0.15) is 0 Å². The van der Waals surface area contributed by atoms with E-state index in [1.54, 1.807) is 36.8 Å². The van der Waals surface area contributed by atoms with Gasteiger partial charge >= 0.3 is 0 Å². The standard InChI is InChI=1S/C24H33N3O5/c1-15-12-27(16(2)14-28)24(31)20-9-19(6-5-17(3)29)11-25-23(20)32-21(15)13-26(4)22(30)10-18-7-8-18/h9,11,15-18,21,28-29H,7-8,10,12-14H2,1-4H3/t15-,16-,17+,21-/m0/s1. The molecule has 2 heterocycles. The normalized spacial score (nSPS) is 22.4. The smallest absolute Gasteiger partial charge is 0.259 e. The number of aromatic nitrogens is 1. The number of rotatable bonds is 6. The summed E-state index contributed by atoms with van der Waals surface area (Å²) < 4.78 is 6.19. The van der Waals surface area contributed by atoms with Crippen molar-refractivity contribution in [2.24, 2.45) is 11.8 Å². The first-order chi connectivity index (χ1) is 15.2. The van der Waals surface area contributed by atoms with Crippen LogP contribution in [-0.4, -0.2) is 81.8 Å². The molecule has 8 nitrogen and oxygen atoms in total. The molecule has 1 aromatic heterocycles. The van der Waals surface area contributed by atoms with Crippen LogP contribution in [0.3, 0.4) is 0 Å². The third-order valence-electron chi connectivity index (χ3n) is 5.99. The molecule has 1 aromatic rings. The molecular formula is C24H33N3O5. The molecule has 0 bridgehead atoms. The number of pyridine rings is 1. The van der Waals surface area contributed by atoms with Crippen LogP contribution in [0.1, 0.15) is 56.0 Å². The van der Waals surface area contributed by atoms with E-state index in [1.807, 2.05) is 6.92 Å². The summed E-state index contributed by atoms with van der Waals surface area (Å²) in [4.78, 5) is 33.5. The predicted octanol–water partition coefficient (Wildman–Crippen LogP) is 1.29. The molecule has 2 aliphatic rings. The number of ether oxygens (including phenoxy) is 1. The van der Waals surface area contributed by atoms with E-state index in [4.69, 9.17) is 4.74 Å². The summed E-state index contributed by atoms with van der Waals surface area (Å²) in [5.74, 6) is 5.86. The molecular weight excluding hydrogens is 410 g/mol. The molecule has 4 atom stereocenters. The van der Waals surface area contributed by atoms with Crippen molar-refractivity contribution in [3.05, 3.63) is 23.4 Å². The van der Waals surface area contributed by atoms with Gasteiger partial charge in [0.2, 0.25) is 11.8 Å². The van der Waals surface area contributed by atoms with Crippen molar-refractivity contribution < 1.29 is 24.5 Å². The van der Waals surface area contributed by atoms with Crippen LogP contribution >= 0.6 is 0 Å². The summed E-state index contributed by atoms with van der Waals surface area (Å²) in [6.45, 7) is 5.90. The third kappa shape index (κ3) is 5.99. The molecule has 174 valence electrons. The number of hydrogen-bond donors (Lipinski definition) is 2. The Hall–Kier alpha value is -2.63. The molecule has 0 aromatic carbocycles. The monoisotopic (exact) mass is 443 g/mol. The maximum atomic E-state index is 13.3. The van der Waals surface area contributed by atoms with E-state index in [-0.39, 0.29) is 41.9 Å². The van der Waals surface area contributed by atoms with E-state index in [9.17, 15) is 19.8 Å². The molecule has 1 fully saturated rings. The Morgan fingerprint density at radius 2 is 2.12 bits per heavy atom. The Kier molecular flexibility index (Phi) is 7.75. The van der Waals surface area contributed by atoms with Crippen molar-refractivity contribution in [3.8, 4) is 17.7 Å². The molecule has 2 N–H and O–H groups in total. The summed E-state index contributed by atoms with van der Waals surface area (Å²) in [5, 5.41) is 19.2. The van der Waals surface area contributed by atoms with Crippen LogP contribution in [0.5, 0.6) is 5.88 Å². The van der Waals surface area contributed by atoms with Gasteiger partial charge in [-0.25, -0.2) is 4.98 Å². The minimum atomic E-state index is -0.802. The van der Waals surface area contributed by atoms with Crippen molar-refractivity contribution in [1.29, 1.82) is 0 Å². The lowest BCUT2D eigenvalue weighted by Gasteiger charge is -2.37. The average molecular weight is 444 g/mol. The molecule has 0 saturated heterocycles.